The molecule has 0 saturated heterocycles. The van der Waals surface area contributed by atoms with E-state index in [2.05, 4.69) is 51.5 Å². The van der Waals surface area contributed by atoms with E-state index in [0.717, 1.165) is 11.1 Å². The third kappa shape index (κ3) is 3.61. The van der Waals surface area contributed by atoms with Crippen molar-refractivity contribution in [2.45, 2.75) is 52.4 Å². The van der Waals surface area contributed by atoms with E-state index in [1.165, 1.54) is 9.13 Å². The quantitative estimate of drug-likeness (QED) is 0.218. The second-order valence-electron chi connectivity index (χ2n) is 14.2. The van der Waals surface area contributed by atoms with Gasteiger partial charge in [-0.1, -0.05) is 41.5 Å². The van der Waals surface area contributed by atoms with Gasteiger partial charge in [0.2, 0.25) is 0 Å². The summed E-state index contributed by atoms with van der Waals surface area (Å²) in [6.07, 6.45) is 6.20. The van der Waals surface area contributed by atoms with Gasteiger partial charge in [0, 0.05) is 24.8 Å². The SMILES string of the molecule is CC(C)(C)c1cc2c3c(=O)n(-c4ccncc4)c(=O)c3c3cc(C(C)(C)C)cc4c5c(=O)n(-c6ccncc6)c(=O)c5c(c1)c2c34. The largest absolute Gasteiger partial charge is 0.268 e. The fraction of sp³-hybridized carbons (Fsp3) is 0.211. The Morgan fingerprint density at radius 2 is 0.696 bits per heavy atom. The molecule has 8 rings (SSSR count). The highest BCUT2D eigenvalue weighted by molar-refractivity contribution is 6.40. The van der Waals surface area contributed by atoms with Crippen LogP contribution < -0.4 is 22.2 Å². The Morgan fingerprint density at radius 3 is 0.935 bits per heavy atom. The minimum absolute atomic E-state index is 0.306. The van der Waals surface area contributed by atoms with Crippen LogP contribution in [0.25, 0.3) is 65.2 Å². The zero-order valence-electron chi connectivity index (χ0n) is 26.4. The summed E-state index contributed by atoms with van der Waals surface area (Å²) in [5.41, 5.74) is 0.130. The average Bonchev–Trinajstić information content (AvgIpc) is 3.44. The van der Waals surface area contributed by atoms with Crippen LogP contribution >= 0.6 is 0 Å². The van der Waals surface area contributed by atoms with Gasteiger partial charge in [0.15, 0.2) is 0 Å². The van der Waals surface area contributed by atoms with Gasteiger partial charge in [0.25, 0.3) is 22.2 Å². The number of rotatable bonds is 2. The molecule has 0 bridgehead atoms. The first kappa shape index (κ1) is 28.0. The predicted molar refractivity (Wildman–Crippen MR) is 184 cm³/mol. The van der Waals surface area contributed by atoms with Crippen LogP contribution in [0.4, 0.5) is 0 Å². The summed E-state index contributed by atoms with van der Waals surface area (Å²) < 4.78 is 2.41. The third-order valence-electron chi connectivity index (χ3n) is 9.35. The van der Waals surface area contributed by atoms with Gasteiger partial charge in [-0.3, -0.25) is 29.1 Å². The highest BCUT2D eigenvalue weighted by Gasteiger charge is 2.30. The molecule has 4 aromatic carbocycles. The van der Waals surface area contributed by atoms with E-state index < -0.39 is 22.2 Å². The summed E-state index contributed by atoms with van der Waals surface area (Å²) in [5.74, 6) is 0. The standard InChI is InChI=1S/C38H30N4O4/c1-37(2,3)19-15-23-27-24(16-19)30-32(36(46)42(34(30)44)22-9-13-40-14-10-22)26-18-20(38(4,5)6)17-25(28(26)27)31-29(23)33(43)41(35(31)45)21-7-11-39-12-8-21/h7-18H,1-6H3. The van der Waals surface area contributed by atoms with Crippen molar-refractivity contribution in [2.24, 2.45) is 0 Å². The first-order valence-corrected chi connectivity index (χ1v) is 15.2. The molecule has 4 aromatic heterocycles. The summed E-state index contributed by atoms with van der Waals surface area (Å²) in [5, 5.41) is 5.01. The van der Waals surface area contributed by atoms with Crippen molar-refractivity contribution in [3.05, 3.63) is 126 Å². The first-order valence-electron chi connectivity index (χ1n) is 15.2. The van der Waals surface area contributed by atoms with Crippen molar-refractivity contribution >= 4 is 53.9 Å². The van der Waals surface area contributed by atoms with Crippen molar-refractivity contribution in [1.29, 1.82) is 0 Å². The van der Waals surface area contributed by atoms with Crippen molar-refractivity contribution < 1.29 is 0 Å². The molecule has 8 heteroatoms. The third-order valence-corrected chi connectivity index (χ3v) is 9.35. The van der Waals surface area contributed by atoms with Crippen LogP contribution in [0.2, 0.25) is 0 Å². The molecule has 0 aliphatic carbocycles. The number of hydrogen-bond acceptors (Lipinski definition) is 6. The Morgan fingerprint density at radius 1 is 0.435 bits per heavy atom. The molecule has 0 unspecified atom stereocenters. The number of pyridine rings is 2. The predicted octanol–water partition coefficient (Wildman–Crippen LogP) is 6.17. The van der Waals surface area contributed by atoms with Crippen molar-refractivity contribution in [2.75, 3.05) is 0 Å². The van der Waals surface area contributed by atoms with Gasteiger partial charge in [0.1, 0.15) is 0 Å². The van der Waals surface area contributed by atoms with Gasteiger partial charge >= 0.3 is 0 Å². The molecule has 0 aliphatic heterocycles. The lowest BCUT2D eigenvalue weighted by atomic mass is 9.79. The van der Waals surface area contributed by atoms with Gasteiger partial charge < -0.3 is 0 Å². The van der Waals surface area contributed by atoms with Crippen molar-refractivity contribution in [3.8, 4) is 11.4 Å². The number of nitrogens with zero attached hydrogens (tertiary/aromatic N) is 4. The molecule has 0 radical (unpaired) electrons. The van der Waals surface area contributed by atoms with E-state index >= 15 is 0 Å². The molecule has 226 valence electrons. The minimum atomic E-state index is -0.431. The smallest absolute Gasteiger partial charge is 0.266 e. The van der Waals surface area contributed by atoms with Gasteiger partial charge in [-0.25, -0.2) is 9.13 Å². The van der Waals surface area contributed by atoms with Gasteiger partial charge in [-0.2, -0.15) is 0 Å². The lowest BCUT2D eigenvalue weighted by Crippen LogP contribution is -2.23. The minimum Gasteiger partial charge on any atom is -0.268 e. The maximum atomic E-state index is 14.4. The number of hydrogen-bond donors (Lipinski definition) is 0. The maximum Gasteiger partial charge on any atom is 0.266 e. The van der Waals surface area contributed by atoms with Crippen LogP contribution in [0.5, 0.6) is 0 Å². The second-order valence-corrected chi connectivity index (χ2v) is 14.2. The zero-order valence-corrected chi connectivity index (χ0v) is 26.4. The molecule has 0 N–H and O–H groups in total. The highest BCUT2D eigenvalue weighted by atomic mass is 16.2. The monoisotopic (exact) mass is 606 g/mol. The molecule has 0 atom stereocenters. The summed E-state index contributed by atoms with van der Waals surface area (Å²) >= 11 is 0. The van der Waals surface area contributed by atoms with Crippen molar-refractivity contribution in [1.82, 2.24) is 19.1 Å². The molecule has 4 heterocycles. The Balaban J connectivity index is 1.76. The maximum absolute atomic E-state index is 14.4. The number of aromatic nitrogens is 4. The Kier molecular flexibility index (Phi) is 5.50. The van der Waals surface area contributed by atoms with Crippen LogP contribution in [0, 0.1) is 0 Å². The molecule has 8 nitrogen and oxygen atoms in total. The van der Waals surface area contributed by atoms with Crippen LogP contribution in [0.1, 0.15) is 52.7 Å². The normalized spacial score (nSPS) is 12.9. The fourth-order valence-corrected chi connectivity index (χ4v) is 6.99. The van der Waals surface area contributed by atoms with Crippen LogP contribution in [0.3, 0.4) is 0 Å². The van der Waals surface area contributed by atoms with E-state index in [1.54, 1.807) is 49.1 Å². The molecule has 8 aromatic rings. The molecule has 0 saturated carbocycles. The Labute approximate surface area is 262 Å². The number of benzene rings is 4. The molecule has 46 heavy (non-hydrogen) atoms. The molecule has 0 amide bonds. The van der Waals surface area contributed by atoms with E-state index in [1.807, 2.05) is 24.3 Å². The molecular weight excluding hydrogens is 576 g/mol. The summed E-state index contributed by atoms with van der Waals surface area (Å²) in [6, 6.07) is 14.5. The van der Waals surface area contributed by atoms with E-state index in [9.17, 15) is 19.2 Å². The second kappa shape index (κ2) is 9.03. The van der Waals surface area contributed by atoms with Crippen LogP contribution in [-0.2, 0) is 10.8 Å². The van der Waals surface area contributed by atoms with E-state index in [0.29, 0.717) is 65.2 Å². The summed E-state index contributed by atoms with van der Waals surface area (Å²) in [4.78, 5) is 65.9. The van der Waals surface area contributed by atoms with Crippen molar-refractivity contribution in [3.63, 3.8) is 0 Å². The zero-order chi connectivity index (χ0) is 32.4. The summed E-state index contributed by atoms with van der Waals surface area (Å²) in [6.45, 7) is 12.3. The first-order chi connectivity index (χ1) is 21.8. The van der Waals surface area contributed by atoms with Crippen LogP contribution in [-0.4, -0.2) is 19.1 Å². The Hall–Kier alpha value is -5.50. The molecule has 0 aliphatic rings. The molecule has 0 fully saturated rings. The molecule has 0 spiro atoms. The number of fused-ring (bicyclic) bond motifs is 6. The summed E-state index contributed by atoms with van der Waals surface area (Å²) in [7, 11) is 0. The lowest BCUT2D eigenvalue weighted by Gasteiger charge is -2.24. The van der Waals surface area contributed by atoms with E-state index in [-0.39, 0.29) is 10.8 Å². The highest BCUT2D eigenvalue weighted by Crippen LogP contribution is 2.45. The molecular formula is C38H30N4O4. The van der Waals surface area contributed by atoms with Gasteiger partial charge in [-0.05, 0) is 103 Å². The topological polar surface area (TPSA) is 104 Å². The van der Waals surface area contributed by atoms with Gasteiger partial charge in [0.05, 0.1) is 32.9 Å². The lowest BCUT2D eigenvalue weighted by molar-refractivity contribution is 0.591. The Bertz CT molecular complexity index is 2450. The fourth-order valence-electron chi connectivity index (χ4n) is 6.99. The van der Waals surface area contributed by atoms with Crippen LogP contribution in [0.15, 0.2) is 92.5 Å². The van der Waals surface area contributed by atoms with E-state index in [4.69, 9.17) is 0 Å². The average molecular weight is 607 g/mol. The van der Waals surface area contributed by atoms with Gasteiger partial charge in [-0.15, -0.1) is 0 Å².